The standard InChI is InChI=1S/C25H22ClNO8/c1-13-17(33-23(28)8-5-15-11-22(26)27-35-15)7-6-16-24(29)21(34-25(13)16)10-14-9-19(31-3)20(32-4)12-18(14)30-2/h6-7,9-12H,5,8H2,1-4H3/b21-10-. The van der Waals surface area contributed by atoms with Gasteiger partial charge in [0.2, 0.25) is 5.78 Å². The van der Waals surface area contributed by atoms with Crippen LogP contribution < -0.4 is 23.7 Å². The summed E-state index contributed by atoms with van der Waals surface area (Å²) < 4.78 is 32.4. The number of ketones is 1. The van der Waals surface area contributed by atoms with Crippen LogP contribution in [0.3, 0.4) is 0 Å². The van der Waals surface area contributed by atoms with Gasteiger partial charge in [-0.15, -0.1) is 0 Å². The number of esters is 1. The smallest absolute Gasteiger partial charge is 0.311 e. The van der Waals surface area contributed by atoms with Gasteiger partial charge in [-0.1, -0.05) is 16.8 Å². The second-order valence-corrected chi connectivity index (χ2v) is 7.93. The fraction of sp³-hybridized carbons (Fsp3) is 0.240. The molecule has 0 spiro atoms. The normalized spacial score (nSPS) is 13.4. The molecule has 182 valence electrons. The average Bonchev–Trinajstić information content (AvgIpc) is 3.42. The molecule has 35 heavy (non-hydrogen) atoms. The van der Waals surface area contributed by atoms with Gasteiger partial charge in [-0.3, -0.25) is 9.59 Å². The molecule has 0 fully saturated rings. The van der Waals surface area contributed by atoms with Crippen LogP contribution in [0.2, 0.25) is 5.15 Å². The SMILES string of the molecule is COc1cc(OC)c(OC)cc1/C=C1\Oc2c(ccc(OC(=O)CCc3cc(Cl)no3)c2C)C1=O. The summed E-state index contributed by atoms with van der Waals surface area (Å²) in [6.07, 6.45) is 1.92. The molecule has 3 aromatic rings. The minimum Gasteiger partial charge on any atom is -0.496 e. The number of benzene rings is 2. The maximum absolute atomic E-state index is 13.0. The molecule has 9 nitrogen and oxygen atoms in total. The Labute approximate surface area is 206 Å². The van der Waals surface area contributed by atoms with Gasteiger partial charge in [0.15, 0.2) is 22.4 Å². The first-order valence-corrected chi connectivity index (χ1v) is 10.9. The van der Waals surface area contributed by atoms with Crippen LogP contribution in [0.4, 0.5) is 0 Å². The molecule has 2 aromatic carbocycles. The average molecular weight is 500 g/mol. The molecule has 0 saturated heterocycles. The first kappa shape index (κ1) is 24.2. The fourth-order valence-corrected chi connectivity index (χ4v) is 3.75. The summed E-state index contributed by atoms with van der Waals surface area (Å²) in [5.74, 6) is 1.85. The lowest BCUT2D eigenvalue weighted by molar-refractivity contribution is -0.134. The van der Waals surface area contributed by atoms with Crippen LogP contribution in [0.15, 0.2) is 40.6 Å². The van der Waals surface area contributed by atoms with Crippen molar-refractivity contribution in [1.82, 2.24) is 5.16 Å². The lowest BCUT2D eigenvalue weighted by atomic mass is 10.1. The largest absolute Gasteiger partial charge is 0.496 e. The van der Waals surface area contributed by atoms with E-state index in [4.69, 9.17) is 39.8 Å². The third kappa shape index (κ3) is 4.95. The van der Waals surface area contributed by atoms with Gasteiger partial charge in [0.1, 0.15) is 23.0 Å². The van der Waals surface area contributed by atoms with E-state index in [-0.39, 0.29) is 29.5 Å². The van der Waals surface area contributed by atoms with Crippen molar-refractivity contribution in [3.05, 3.63) is 63.7 Å². The highest BCUT2D eigenvalue weighted by molar-refractivity contribution is 6.29. The third-order valence-corrected chi connectivity index (χ3v) is 5.57. The van der Waals surface area contributed by atoms with E-state index in [9.17, 15) is 9.59 Å². The molecule has 0 atom stereocenters. The van der Waals surface area contributed by atoms with Gasteiger partial charge in [0.25, 0.3) is 0 Å². The highest BCUT2D eigenvalue weighted by Gasteiger charge is 2.31. The molecule has 0 bridgehead atoms. The zero-order valence-electron chi connectivity index (χ0n) is 19.5. The molecule has 1 aliphatic rings. The van der Waals surface area contributed by atoms with Crippen molar-refractivity contribution in [2.75, 3.05) is 21.3 Å². The van der Waals surface area contributed by atoms with E-state index in [1.165, 1.54) is 27.4 Å². The van der Waals surface area contributed by atoms with Crippen LogP contribution in [0, 0.1) is 6.92 Å². The topological polar surface area (TPSA) is 106 Å². The van der Waals surface area contributed by atoms with Crippen LogP contribution in [0.1, 0.15) is 33.7 Å². The maximum atomic E-state index is 13.0. The van der Waals surface area contributed by atoms with E-state index in [1.807, 2.05) is 0 Å². The van der Waals surface area contributed by atoms with E-state index in [0.717, 1.165) is 0 Å². The van der Waals surface area contributed by atoms with Crippen LogP contribution >= 0.6 is 11.6 Å². The van der Waals surface area contributed by atoms with E-state index in [0.29, 0.717) is 51.2 Å². The molecule has 1 aromatic heterocycles. The number of carbonyl (C=O) groups is 2. The second kappa shape index (κ2) is 10.1. The maximum Gasteiger partial charge on any atom is 0.311 e. The molecule has 0 aliphatic carbocycles. The Morgan fingerprint density at radius 1 is 1.03 bits per heavy atom. The number of ether oxygens (including phenoxy) is 5. The number of hydrogen-bond acceptors (Lipinski definition) is 9. The third-order valence-electron chi connectivity index (χ3n) is 5.39. The Morgan fingerprint density at radius 3 is 2.40 bits per heavy atom. The van der Waals surface area contributed by atoms with Gasteiger partial charge >= 0.3 is 5.97 Å². The highest BCUT2D eigenvalue weighted by Crippen LogP contribution is 2.41. The molecule has 2 heterocycles. The van der Waals surface area contributed by atoms with Crippen LogP contribution in [0.25, 0.3) is 6.08 Å². The van der Waals surface area contributed by atoms with Crippen molar-refractivity contribution < 1.29 is 37.8 Å². The lowest BCUT2D eigenvalue weighted by Gasteiger charge is -2.12. The fourth-order valence-electron chi connectivity index (χ4n) is 3.59. The van der Waals surface area contributed by atoms with Crippen LogP contribution in [-0.4, -0.2) is 38.2 Å². The van der Waals surface area contributed by atoms with Gasteiger partial charge in [0, 0.05) is 29.7 Å². The quantitative estimate of drug-likeness (QED) is 0.245. The molecule has 0 unspecified atom stereocenters. The molecule has 0 amide bonds. The van der Waals surface area contributed by atoms with Gasteiger partial charge < -0.3 is 28.2 Å². The van der Waals surface area contributed by atoms with Crippen molar-refractivity contribution >= 4 is 29.4 Å². The number of hydrogen-bond donors (Lipinski definition) is 0. The van der Waals surface area contributed by atoms with E-state index in [2.05, 4.69) is 5.16 Å². The van der Waals surface area contributed by atoms with Gasteiger partial charge in [0.05, 0.1) is 33.3 Å². The number of aryl methyl sites for hydroxylation is 1. The number of methoxy groups -OCH3 is 3. The van der Waals surface area contributed by atoms with Gasteiger partial charge in [-0.2, -0.15) is 0 Å². The molecular formula is C25H22ClNO8. The minimum atomic E-state index is -0.476. The summed E-state index contributed by atoms with van der Waals surface area (Å²) >= 11 is 5.71. The molecule has 10 heteroatoms. The molecule has 1 aliphatic heterocycles. The van der Waals surface area contributed by atoms with Crippen molar-refractivity contribution in [2.24, 2.45) is 0 Å². The number of allylic oxidation sites excluding steroid dienone is 1. The Balaban J connectivity index is 1.55. The Morgan fingerprint density at radius 2 is 1.74 bits per heavy atom. The van der Waals surface area contributed by atoms with Crippen molar-refractivity contribution in [3.63, 3.8) is 0 Å². The van der Waals surface area contributed by atoms with Crippen LogP contribution in [0.5, 0.6) is 28.7 Å². The number of rotatable bonds is 8. The number of nitrogens with zero attached hydrogens (tertiary/aromatic N) is 1. The first-order valence-electron chi connectivity index (χ1n) is 10.5. The van der Waals surface area contributed by atoms with Gasteiger partial charge in [-0.05, 0) is 31.2 Å². The summed E-state index contributed by atoms with van der Waals surface area (Å²) in [4.78, 5) is 25.3. The summed E-state index contributed by atoms with van der Waals surface area (Å²) in [5.41, 5.74) is 1.46. The number of halogens is 1. The summed E-state index contributed by atoms with van der Waals surface area (Å²) in [5, 5.41) is 3.79. The lowest BCUT2D eigenvalue weighted by Crippen LogP contribution is -2.10. The predicted molar refractivity (Wildman–Crippen MR) is 126 cm³/mol. The Hall–Kier alpha value is -3.98. The van der Waals surface area contributed by atoms with E-state index in [1.54, 1.807) is 37.3 Å². The molecular weight excluding hydrogens is 478 g/mol. The predicted octanol–water partition coefficient (Wildman–Crippen LogP) is 4.82. The van der Waals surface area contributed by atoms with Crippen molar-refractivity contribution in [3.8, 4) is 28.7 Å². The van der Waals surface area contributed by atoms with Crippen molar-refractivity contribution in [1.29, 1.82) is 0 Å². The summed E-state index contributed by atoms with van der Waals surface area (Å²) in [6, 6.07) is 8.02. The van der Waals surface area contributed by atoms with E-state index >= 15 is 0 Å². The number of fused-ring (bicyclic) bond motifs is 1. The monoisotopic (exact) mass is 499 g/mol. The summed E-state index contributed by atoms with van der Waals surface area (Å²) in [7, 11) is 4.55. The zero-order chi connectivity index (χ0) is 25.1. The molecule has 4 rings (SSSR count). The van der Waals surface area contributed by atoms with Gasteiger partial charge in [-0.25, -0.2) is 0 Å². The molecule has 0 saturated carbocycles. The van der Waals surface area contributed by atoms with Crippen LogP contribution in [-0.2, 0) is 11.2 Å². The Bertz CT molecular complexity index is 1330. The molecule has 0 N–H and O–H groups in total. The number of aromatic nitrogens is 1. The number of Topliss-reactive ketones (excluding diaryl/α,β-unsaturated/α-hetero) is 1. The Kier molecular flexibility index (Phi) is 6.97. The molecule has 0 radical (unpaired) electrons. The summed E-state index contributed by atoms with van der Waals surface area (Å²) in [6.45, 7) is 1.71. The zero-order valence-corrected chi connectivity index (χ0v) is 20.2. The highest BCUT2D eigenvalue weighted by atomic mass is 35.5. The van der Waals surface area contributed by atoms with E-state index < -0.39 is 5.97 Å². The minimum absolute atomic E-state index is 0.0616. The van der Waals surface area contributed by atoms with Crippen molar-refractivity contribution in [2.45, 2.75) is 19.8 Å². The first-order chi connectivity index (χ1) is 16.8. The second-order valence-electron chi connectivity index (χ2n) is 7.54. The number of carbonyl (C=O) groups excluding carboxylic acids is 2.